The van der Waals surface area contributed by atoms with Crippen molar-refractivity contribution in [3.05, 3.63) is 63.0 Å². The van der Waals surface area contributed by atoms with E-state index < -0.39 is 22.5 Å². The fourth-order valence-corrected chi connectivity index (χ4v) is 4.08. The number of nitrogens with zero attached hydrogens (tertiary/aromatic N) is 2. The second-order valence-corrected chi connectivity index (χ2v) is 8.51. The van der Waals surface area contributed by atoms with E-state index in [0.717, 1.165) is 11.1 Å². The van der Waals surface area contributed by atoms with Crippen molar-refractivity contribution < 1.29 is 17.9 Å². The summed E-state index contributed by atoms with van der Waals surface area (Å²) >= 11 is 1.28. The van der Waals surface area contributed by atoms with Gasteiger partial charge in [0.15, 0.2) is 4.96 Å². The van der Waals surface area contributed by atoms with Crippen LogP contribution in [0.2, 0.25) is 0 Å². The van der Waals surface area contributed by atoms with Gasteiger partial charge in [0.1, 0.15) is 13.2 Å². The van der Waals surface area contributed by atoms with Gasteiger partial charge in [-0.15, -0.1) is 11.3 Å². The van der Waals surface area contributed by atoms with Gasteiger partial charge in [0, 0.05) is 17.6 Å². The fraction of sp³-hybridized carbons (Fsp3) is 0.235. The average molecular weight is 407 g/mol. The van der Waals surface area contributed by atoms with Crippen molar-refractivity contribution in [3.8, 4) is 0 Å². The highest BCUT2D eigenvalue weighted by molar-refractivity contribution is 7.89. The lowest BCUT2D eigenvalue weighted by molar-refractivity contribution is -0.143. The van der Waals surface area contributed by atoms with Gasteiger partial charge in [-0.1, -0.05) is 6.07 Å². The molecule has 0 saturated heterocycles. The van der Waals surface area contributed by atoms with Crippen LogP contribution in [-0.2, 0) is 26.2 Å². The summed E-state index contributed by atoms with van der Waals surface area (Å²) in [5.74, 6) is -0.768. The Balaban J connectivity index is 1.60. The van der Waals surface area contributed by atoms with Crippen LogP contribution in [0.3, 0.4) is 0 Å². The standard InChI is InChI=1S/C17H17N3O5S2/c1-11-3-4-14(7-12(11)2)27(23,24)18-9-16(22)25-10-13-8-15(21)20-5-6-26-17(20)19-13/h3-8,18H,9-10H2,1-2H3. The Hall–Kier alpha value is -2.56. The summed E-state index contributed by atoms with van der Waals surface area (Å²) in [6, 6.07) is 5.99. The molecule has 3 aromatic rings. The SMILES string of the molecule is Cc1ccc(S(=O)(=O)NCC(=O)OCc2cc(=O)n3ccsc3n2)cc1C. The number of carbonyl (C=O) groups is 1. The quantitative estimate of drug-likeness (QED) is 0.619. The van der Waals surface area contributed by atoms with Crippen LogP contribution < -0.4 is 10.3 Å². The molecule has 0 aliphatic heterocycles. The van der Waals surface area contributed by atoms with Crippen LogP contribution in [0.15, 0.2) is 45.5 Å². The Morgan fingerprint density at radius 1 is 1.26 bits per heavy atom. The predicted molar refractivity (Wildman–Crippen MR) is 100 cm³/mol. The van der Waals surface area contributed by atoms with E-state index in [9.17, 15) is 18.0 Å². The summed E-state index contributed by atoms with van der Waals surface area (Å²) in [6.45, 7) is 2.95. The molecule has 10 heteroatoms. The van der Waals surface area contributed by atoms with Crippen LogP contribution in [0, 0.1) is 13.8 Å². The molecule has 1 aromatic carbocycles. The molecule has 0 atom stereocenters. The molecule has 142 valence electrons. The van der Waals surface area contributed by atoms with Crippen molar-refractivity contribution in [1.29, 1.82) is 0 Å². The summed E-state index contributed by atoms with van der Waals surface area (Å²) in [5.41, 5.74) is 1.83. The van der Waals surface area contributed by atoms with Crippen molar-refractivity contribution in [2.75, 3.05) is 6.54 Å². The van der Waals surface area contributed by atoms with Gasteiger partial charge in [0.25, 0.3) is 5.56 Å². The van der Waals surface area contributed by atoms with E-state index in [2.05, 4.69) is 9.71 Å². The number of aryl methyl sites for hydroxylation is 2. The number of ether oxygens (including phenoxy) is 1. The highest BCUT2D eigenvalue weighted by Crippen LogP contribution is 2.14. The van der Waals surface area contributed by atoms with Crippen LogP contribution >= 0.6 is 11.3 Å². The maximum Gasteiger partial charge on any atom is 0.321 e. The Kier molecular flexibility index (Phi) is 5.40. The van der Waals surface area contributed by atoms with Crippen molar-refractivity contribution in [2.45, 2.75) is 25.3 Å². The van der Waals surface area contributed by atoms with Crippen LogP contribution in [0.4, 0.5) is 0 Å². The van der Waals surface area contributed by atoms with Gasteiger partial charge in [-0.2, -0.15) is 4.72 Å². The number of benzene rings is 1. The van der Waals surface area contributed by atoms with E-state index in [-0.39, 0.29) is 17.1 Å². The molecule has 0 aliphatic rings. The molecule has 3 rings (SSSR count). The smallest absolute Gasteiger partial charge is 0.321 e. The predicted octanol–water partition coefficient (Wildman–Crippen LogP) is 1.39. The third kappa shape index (κ3) is 4.41. The third-order valence-electron chi connectivity index (χ3n) is 3.93. The topological polar surface area (TPSA) is 107 Å². The number of nitrogens with one attached hydrogen (secondary N) is 1. The number of hydrogen-bond acceptors (Lipinski definition) is 7. The molecule has 0 radical (unpaired) electrons. The largest absolute Gasteiger partial charge is 0.458 e. The molecule has 0 amide bonds. The van der Waals surface area contributed by atoms with Crippen molar-refractivity contribution >= 4 is 32.3 Å². The lowest BCUT2D eigenvalue weighted by Gasteiger charge is -2.09. The van der Waals surface area contributed by atoms with Crippen LogP contribution in [0.1, 0.15) is 16.8 Å². The first-order valence-electron chi connectivity index (χ1n) is 7.94. The monoisotopic (exact) mass is 407 g/mol. The molecular weight excluding hydrogens is 390 g/mol. The molecule has 0 saturated carbocycles. The lowest BCUT2D eigenvalue weighted by Crippen LogP contribution is -2.30. The lowest BCUT2D eigenvalue weighted by atomic mass is 10.1. The molecule has 8 nitrogen and oxygen atoms in total. The minimum absolute atomic E-state index is 0.0798. The molecule has 0 bridgehead atoms. The van der Waals surface area contributed by atoms with E-state index in [1.807, 2.05) is 13.8 Å². The summed E-state index contributed by atoms with van der Waals surface area (Å²) in [6.07, 6.45) is 1.60. The Labute approximate surface area is 159 Å². The number of thiazole rings is 1. The zero-order valence-electron chi connectivity index (χ0n) is 14.6. The van der Waals surface area contributed by atoms with Crippen molar-refractivity contribution in [2.24, 2.45) is 0 Å². The van der Waals surface area contributed by atoms with Crippen LogP contribution in [-0.4, -0.2) is 30.3 Å². The highest BCUT2D eigenvalue weighted by atomic mass is 32.2. The molecule has 2 aromatic heterocycles. The minimum atomic E-state index is -3.82. The average Bonchev–Trinajstić information content (AvgIpc) is 3.09. The number of rotatable bonds is 6. The van der Waals surface area contributed by atoms with E-state index in [0.29, 0.717) is 10.7 Å². The number of hydrogen-bond donors (Lipinski definition) is 1. The van der Waals surface area contributed by atoms with Gasteiger partial charge in [0.05, 0.1) is 10.6 Å². The number of sulfonamides is 1. The molecule has 0 spiro atoms. The number of esters is 1. The Bertz CT molecular complexity index is 1160. The molecule has 2 heterocycles. The van der Waals surface area contributed by atoms with Gasteiger partial charge in [-0.05, 0) is 37.1 Å². The Morgan fingerprint density at radius 2 is 2.04 bits per heavy atom. The summed E-state index contributed by atoms with van der Waals surface area (Å²) in [7, 11) is -3.82. The molecule has 1 N–H and O–H groups in total. The molecular formula is C17H17N3O5S2. The normalized spacial score (nSPS) is 11.6. The van der Waals surface area contributed by atoms with E-state index in [1.165, 1.54) is 33.9 Å². The third-order valence-corrected chi connectivity index (χ3v) is 6.09. The van der Waals surface area contributed by atoms with Gasteiger partial charge in [0.2, 0.25) is 10.0 Å². The molecule has 27 heavy (non-hydrogen) atoms. The summed E-state index contributed by atoms with van der Waals surface area (Å²) < 4.78 is 33.1. The molecule has 0 aliphatic carbocycles. The van der Waals surface area contributed by atoms with Crippen molar-refractivity contribution in [3.63, 3.8) is 0 Å². The maximum absolute atomic E-state index is 12.3. The van der Waals surface area contributed by atoms with E-state index in [1.54, 1.807) is 17.6 Å². The molecule has 0 fully saturated rings. The fourth-order valence-electron chi connectivity index (χ4n) is 2.29. The van der Waals surface area contributed by atoms with Gasteiger partial charge in [-0.3, -0.25) is 14.0 Å². The summed E-state index contributed by atoms with van der Waals surface area (Å²) in [4.78, 5) is 28.5. The first kappa shape index (κ1) is 19.2. The second-order valence-electron chi connectivity index (χ2n) is 5.87. The zero-order valence-corrected chi connectivity index (χ0v) is 16.3. The first-order chi connectivity index (χ1) is 12.8. The van der Waals surface area contributed by atoms with Gasteiger partial charge < -0.3 is 4.74 Å². The number of fused-ring (bicyclic) bond motifs is 1. The van der Waals surface area contributed by atoms with E-state index >= 15 is 0 Å². The zero-order chi connectivity index (χ0) is 19.6. The van der Waals surface area contributed by atoms with Crippen LogP contribution in [0.5, 0.6) is 0 Å². The first-order valence-corrected chi connectivity index (χ1v) is 10.3. The summed E-state index contributed by atoms with van der Waals surface area (Å²) in [5, 5.41) is 1.72. The maximum atomic E-state index is 12.3. The number of aromatic nitrogens is 2. The van der Waals surface area contributed by atoms with Gasteiger partial charge in [-0.25, -0.2) is 13.4 Å². The van der Waals surface area contributed by atoms with Crippen LogP contribution in [0.25, 0.3) is 4.96 Å². The highest BCUT2D eigenvalue weighted by Gasteiger charge is 2.17. The van der Waals surface area contributed by atoms with Gasteiger partial charge >= 0.3 is 5.97 Å². The minimum Gasteiger partial charge on any atom is -0.458 e. The van der Waals surface area contributed by atoms with Crippen molar-refractivity contribution in [1.82, 2.24) is 14.1 Å². The Morgan fingerprint density at radius 3 is 2.78 bits per heavy atom. The number of carbonyl (C=O) groups excluding carboxylic acids is 1. The molecule has 0 unspecified atom stereocenters. The van der Waals surface area contributed by atoms with E-state index in [4.69, 9.17) is 4.74 Å². The second kappa shape index (κ2) is 7.59.